The van der Waals surface area contributed by atoms with E-state index >= 15 is 0 Å². The summed E-state index contributed by atoms with van der Waals surface area (Å²) in [5.74, 6) is 0.583. The summed E-state index contributed by atoms with van der Waals surface area (Å²) in [4.78, 5) is 28.9. The first-order chi connectivity index (χ1) is 17.8. The number of carbonyl (C=O) groups excluding carboxylic acids is 1. The van der Waals surface area contributed by atoms with Crippen LogP contribution in [-0.2, 0) is 18.6 Å². The number of nitrogens with zero attached hydrogens (tertiary/aromatic N) is 3. The van der Waals surface area contributed by atoms with Crippen LogP contribution in [0.5, 0.6) is 0 Å². The zero-order valence-corrected chi connectivity index (χ0v) is 23.6. The molecule has 0 bridgehead atoms. The highest BCUT2D eigenvalue weighted by Gasteiger charge is 2.58. The third kappa shape index (κ3) is 5.53. The zero-order valence-electron chi connectivity index (χ0n) is 22.7. The summed E-state index contributed by atoms with van der Waals surface area (Å²) >= 11 is 0. The molecule has 2 saturated heterocycles. The van der Waals surface area contributed by atoms with Crippen molar-refractivity contribution < 1.29 is 18.6 Å². The smallest absolute Gasteiger partial charge is 0.351 e. The molecule has 206 valence electrons. The predicted octanol–water partition coefficient (Wildman–Crippen LogP) is 5.37. The van der Waals surface area contributed by atoms with E-state index in [2.05, 4.69) is 28.9 Å². The van der Waals surface area contributed by atoms with E-state index in [0.29, 0.717) is 18.4 Å². The Balaban J connectivity index is 1.28. The van der Waals surface area contributed by atoms with Gasteiger partial charge >= 0.3 is 5.69 Å². The van der Waals surface area contributed by atoms with E-state index in [1.165, 1.54) is 49.5 Å². The largest absolute Gasteiger partial charge is 0.352 e. The zero-order chi connectivity index (χ0) is 26.2. The van der Waals surface area contributed by atoms with Gasteiger partial charge in [-0.3, -0.25) is 9.36 Å². The van der Waals surface area contributed by atoms with Gasteiger partial charge in [0.15, 0.2) is 0 Å². The fraction of sp³-hybridized carbons (Fsp3) is 0.815. The molecule has 4 aliphatic rings. The van der Waals surface area contributed by atoms with Crippen molar-refractivity contribution in [1.82, 2.24) is 14.2 Å². The molecular formula is C27H43N4O5P. The predicted molar refractivity (Wildman–Crippen MR) is 143 cm³/mol. The maximum absolute atomic E-state index is 12.8. The Kier molecular flexibility index (Phi) is 8.37. The van der Waals surface area contributed by atoms with Gasteiger partial charge in [0.2, 0.25) is 5.91 Å². The molecule has 10 heteroatoms. The second-order valence-corrected chi connectivity index (χ2v) is 13.1. The fourth-order valence-corrected chi connectivity index (χ4v) is 8.77. The van der Waals surface area contributed by atoms with Gasteiger partial charge in [0.25, 0.3) is 8.53 Å². The quantitative estimate of drug-likeness (QED) is 0.470. The first kappa shape index (κ1) is 27.2. The van der Waals surface area contributed by atoms with Gasteiger partial charge in [-0.25, -0.2) is 9.46 Å². The van der Waals surface area contributed by atoms with Crippen molar-refractivity contribution in [3.05, 3.63) is 22.7 Å². The minimum absolute atomic E-state index is 0.0693. The van der Waals surface area contributed by atoms with Gasteiger partial charge in [-0.2, -0.15) is 4.98 Å². The van der Waals surface area contributed by atoms with Crippen LogP contribution in [-0.4, -0.2) is 51.0 Å². The Labute approximate surface area is 221 Å². The van der Waals surface area contributed by atoms with Crippen molar-refractivity contribution in [3.8, 4) is 0 Å². The Morgan fingerprint density at radius 3 is 2.62 bits per heavy atom. The van der Waals surface area contributed by atoms with Crippen molar-refractivity contribution in [2.75, 3.05) is 12.4 Å². The molecule has 3 heterocycles. The Morgan fingerprint density at radius 2 is 1.97 bits per heavy atom. The van der Waals surface area contributed by atoms with Crippen LogP contribution in [0.4, 0.5) is 5.82 Å². The van der Waals surface area contributed by atoms with E-state index in [-0.39, 0.29) is 35.5 Å². The molecule has 2 aliphatic heterocycles. The number of aromatic nitrogens is 2. The first-order valence-electron chi connectivity index (χ1n) is 14.3. The molecular weight excluding hydrogens is 491 g/mol. The number of amides is 1. The molecule has 1 spiro atoms. The standard InChI is InChI=1S/C27H43N4O5P/c1-5-20-21(17-23(34-20)31-16-13-22(29-26(31)33)28-25(32)18(2)3)35-37-30(4)24(19-11-7-6-8-12-19)27(36-37)14-9-10-15-27/h13,16,18-21,23-24H,5-12,14-15,17H2,1-4H3,(H,28,29,32,33)/t20-,21?,23-,24+,37-/m1/s1. The van der Waals surface area contributed by atoms with Gasteiger partial charge in [-0.1, -0.05) is 52.9 Å². The highest BCUT2D eigenvalue weighted by molar-refractivity contribution is 7.45. The lowest BCUT2D eigenvalue weighted by Gasteiger charge is -2.38. The topological polar surface area (TPSA) is 94.9 Å². The van der Waals surface area contributed by atoms with Crippen LogP contribution < -0.4 is 11.0 Å². The summed E-state index contributed by atoms with van der Waals surface area (Å²) in [5, 5.41) is 2.69. The SMILES string of the molecule is CC[C@H]1O[C@@H](n2ccc(NC(=O)C(C)C)nc2=O)CC1O[P@]1OC2(CCCC2)[C@H](C2CCCCC2)N1C. The number of ether oxygens (including phenoxy) is 1. The van der Waals surface area contributed by atoms with E-state index in [1.807, 2.05) is 0 Å². The minimum Gasteiger partial charge on any atom is -0.352 e. The van der Waals surface area contributed by atoms with E-state index in [9.17, 15) is 9.59 Å². The second kappa shape index (κ2) is 11.4. The number of hydrogen-bond donors (Lipinski definition) is 1. The number of likely N-dealkylation sites (N-methyl/N-ethyl adjacent to an activating group) is 1. The molecule has 1 aromatic rings. The number of nitrogens with one attached hydrogen (secondary N) is 1. The molecule has 2 aliphatic carbocycles. The maximum atomic E-state index is 12.8. The van der Waals surface area contributed by atoms with Crippen LogP contribution in [0, 0.1) is 11.8 Å². The average molecular weight is 535 g/mol. The summed E-state index contributed by atoms with van der Waals surface area (Å²) in [6, 6.07) is 2.08. The maximum Gasteiger partial charge on any atom is 0.351 e. The molecule has 1 aromatic heterocycles. The van der Waals surface area contributed by atoms with Crippen LogP contribution in [0.2, 0.25) is 0 Å². The highest BCUT2D eigenvalue weighted by Crippen LogP contribution is 2.63. The summed E-state index contributed by atoms with van der Waals surface area (Å²) in [6.45, 7) is 5.69. The fourth-order valence-electron chi connectivity index (χ4n) is 6.79. The van der Waals surface area contributed by atoms with Crippen molar-refractivity contribution >= 4 is 20.3 Å². The molecule has 9 nitrogen and oxygen atoms in total. The molecule has 2 saturated carbocycles. The van der Waals surface area contributed by atoms with Crippen LogP contribution in [0.15, 0.2) is 17.1 Å². The lowest BCUT2D eigenvalue weighted by atomic mass is 9.76. The van der Waals surface area contributed by atoms with E-state index < -0.39 is 20.4 Å². The van der Waals surface area contributed by atoms with Gasteiger partial charge in [0.1, 0.15) is 12.0 Å². The van der Waals surface area contributed by atoms with E-state index in [0.717, 1.165) is 19.3 Å². The van der Waals surface area contributed by atoms with Crippen molar-refractivity contribution in [2.24, 2.45) is 11.8 Å². The number of hydrogen-bond acceptors (Lipinski definition) is 7. The monoisotopic (exact) mass is 534 g/mol. The lowest BCUT2D eigenvalue weighted by Crippen LogP contribution is -2.47. The normalized spacial score (nSPS) is 32.5. The number of rotatable bonds is 7. The Bertz CT molecular complexity index is 1010. The third-order valence-electron chi connectivity index (χ3n) is 8.73. The second-order valence-electron chi connectivity index (χ2n) is 11.6. The van der Waals surface area contributed by atoms with Crippen LogP contribution >= 0.6 is 8.53 Å². The molecule has 1 unspecified atom stereocenters. The molecule has 5 atom stereocenters. The van der Waals surface area contributed by atoms with Gasteiger partial charge in [-0.05, 0) is 51.1 Å². The minimum atomic E-state index is -1.19. The van der Waals surface area contributed by atoms with E-state index in [1.54, 1.807) is 26.1 Å². The summed E-state index contributed by atoms with van der Waals surface area (Å²) in [7, 11) is 1.01. The molecule has 1 amide bonds. The van der Waals surface area contributed by atoms with Crippen molar-refractivity contribution in [2.45, 2.75) is 121 Å². The average Bonchev–Trinajstić information content (AvgIpc) is 3.58. The van der Waals surface area contributed by atoms with Crippen LogP contribution in [0.1, 0.15) is 97.6 Å². The van der Waals surface area contributed by atoms with Gasteiger partial charge in [0, 0.05) is 24.6 Å². The third-order valence-corrected chi connectivity index (χ3v) is 10.5. The Morgan fingerprint density at radius 1 is 1.24 bits per heavy atom. The molecule has 37 heavy (non-hydrogen) atoms. The first-order valence-corrected chi connectivity index (χ1v) is 15.4. The molecule has 0 radical (unpaired) electrons. The molecule has 0 aromatic carbocycles. The summed E-state index contributed by atoms with van der Waals surface area (Å²) in [6.07, 6.45) is 13.6. The van der Waals surface area contributed by atoms with Crippen molar-refractivity contribution in [1.29, 1.82) is 0 Å². The van der Waals surface area contributed by atoms with Gasteiger partial charge in [0.05, 0.1) is 17.8 Å². The highest BCUT2D eigenvalue weighted by atomic mass is 31.2. The molecule has 1 N–H and O–H groups in total. The summed E-state index contributed by atoms with van der Waals surface area (Å²) in [5.41, 5.74) is -0.510. The number of anilines is 1. The molecule has 4 fully saturated rings. The summed E-state index contributed by atoms with van der Waals surface area (Å²) < 4.78 is 23.8. The lowest BCUT2D eigenvalue weighted by molar-refractivity contribution is -0.118. The van der Waals surface area contributed by atoms with Crippen molar-refractivity contribution in [3.63, 3.8) is 0 Å². The van der Waals surface area contributed by atoms with Gasteiger partial charge in [-0.15, -0.1) is 0 Å². The van der Waals surface area contributed by atoms with Gasteiger partial charge < -0.3 is 19.1 Å². The number of carbonyl (C=O) groups is 1. The van der Waals surface area contributed by atoms with Crippen LogP contribution in [0.25, 0.3) is 0 Å². The van der Waals surface area contributed by atoms with Crippen LogP contribution in [0.3, 0.4) is 0 Å². The molecule has 5 rings (SSSR count). The van der Waals surface area contributed by atoms with E-state index in [4.69, 9.17) is 13.8 Å². The Hall–Kier alpha value is -1.38.